The Morgan fingerprint density at radius 1 is 0.917 bits per heavy atom. The van der Waals surface area contributed by atoms with Crippen molar-refractivity contribution in [2.75, 3.05) is 0 Å². The van der Waals surface area contributed by atoms with E-state index in [0.29, 0.717) is 0 Å². The highest BCUT2D eigenvalue weighted by atomic mass is 32.2. The molecule has 0 bridgehead atoms. The molecule has 3 N–H and O–H groups in total. The van der Waals surface area contributed by atoms with Gasteiger partial charge in [-0.15, -0.1) is 0 Å². The van der Waals surface area contributed by atoms with Crippen molar-refractivity contribution in [3.8, 4) is 11.1 Å². The fourth-order valence-corrected chi connectivity index (χ4v) is 4.69. The first-order chi connectivity index (χ1) is 11.5. The second-order valence-electron chi connectivity index (χ2n) is 6.49. The number of benzene rings is 2. The van der Waals surface area contributed by atoms with Gasteiger partial charge in [0.1, 0.15) is 0 Å². The van der Waals surface area contributed by atoms with Gasteiger partial charge in [-0.1, -0.05) is 67.4 Å². The molecule has 2 aromatic rings. The van der Waals surface area contributed by atoms with Crippen LogP contribution in [0.3, 0.4) is 0 Å². The highest BCUT2D eigenvalue weighted by Crippen LogP contribution is 2.21. The predicted octanol–water partition coefficient (Wildman–Crippen LogP) is 3.04. The average molecular weight is 344 g/mol. The minimum Gasteiger partial charge on any atom is -0.326 e. The van der Waals surface area contributed by atoms with E-state index in [1.807, 2.05) is 54.6 Å². The third-order valence-electron chi connectivity index (χ3n) is 4.57. The van der Waals surface area contributed by atoms with E-state index in [0.717, 1.165) is 42.4 Å². The Morgan fingerprint density at radius 2 is 1.54 bits per heavy atom. The van der Waals surface area contributed by atoms with Gasteiger partial charge < -0.3 is 5.73 Å². The summed E-state index contributed by atoms with van der Waals surface area (Å²) in [6.45, 7) is 0. The van der Waals surface area contributed by atoms with Crippen LogP contribution in [0.2, 0.25) is 0 Å². The molecule has 1 aliphatic carbocycles. The summed E-state index contributed by atoms with van der Waals surface area (Å²) in [5.74, 6) is -0.00864. The molecule has 0 aliphatic heterocycles. The van der Waals surface area contributed by atoms with Gasteiger partial charge in [-0.25, -0.2) is 13.1 Å². The van der Waals surface area contributed by atoms with Crippen LogP contribution in [0.1, 0.15) is 31.2 Å². The summed E-state index contributed by atoms with van der Waals surface area (Å²) in [6, 6.07) is 17.5. The van der Waals surface area contributed by atoms with Gasteiger partial charge in [-0.3, -0.25) is 0 Å². The van der Waals surface area contributed by atoms with Crippen molar-refractivity contribution in [3.05, 3.63) is 60.2 Å². The molecule has 0 radical (unpaired) electrons. The Morgan fingerprint density at radius 3 is 2.21 bits per heavy atom. The van der Waals surface area contributed by atoms with Crippen LogP contribution >= 0.6 is 0 Å². The fraction of sp³-hybridized carbons (Fsp3) is 0.368. The van der Waals surface area contributed by atoms with Crippen molar-refractivity contribution in [3.63, 3.8) is 0 Å². The normalized spacial score (nSPS) is 21.5. The predicted molar refractivity (Wildman–Crippen MR) is 97.9 cm³/mol. The first kappa shape index (κ1) is 17.1. The molecule has 3 rings (SSSR count). The van der Waals surface area contributed by atoms with Crippen LogP contribution in [0.5, 0.6) is 0 Å². The van der Waals surface area contributed by atoms with Crippen LogP contribution in [0.15, 0.2) is 54.6 Å². The summed E-state index contributed by atoms with van der Waals surface area (Å²) < 4.78 is 27.6. The summed E-state index contributed by atoms with van der Waals surface area (Å²) in [6.07, 6.45) is 3.83. The minimum absolute atomic E-state index is 0.00864. The van der Waals surface area contributed by atoms with Crippen LogP contribution in [-0.4, -0.2) is 20.5 Å². The molecule has 0 aromatic heterocycles. The number of sulfonamides is 1. The van der Waals surface area contributed by atoms with Crippen LogP contribution in [0.25, 0.3) is 11.1 Å². The van der Waals surface area contributed by atoms with Gasteiger partial charge in [0.15, 0.2) is 0 Å². The van der Waals surface area contributed by atoms with Gasteiger partial charge in [0.05, 0.1) is 5.75 Å². The van der Waals surface area contributed by atoms with E-state index < -0.39 is 10.0 Å². The van der Waals surface area contributed by atoms with Crippen molar-refractivity contribution in [1.82, 2.24) is 4.72 Å². The second-order valence-corrected chi connectivity index (χ2v) is 8.25. The van der Waals surface area contributed by atoms with Gasteiger partial charge in [0, 0.05) is 12.1 Å². The Kier molecular flexibility index (Phi) is 5.33. The molecule has 1 saturated carbocycles. The Hall–Kier alpha value is -1.69. The van der Waals surface area contributed by atoms with Gasteiger partial charge in [-0.2, -0.15) is 0 Å². The number of nitrogens with two attached hydrogens (primary N) is 1. The molecule has 5 heteroatoms. The molecule has 1 aliphatic rings. The second kappa shape index (κ2) is 7.47. The zero-order valence-electron chi connectivity index (χ0n) is 13.7. The van der Waals surface area contributed by atoms with Crippen LogP contribution in [-0.2, 0) is 15.8 Å². The van der Waals surface area contributed by atoms with Crippen molar-refractivity contribution in [2.24, 2.45) is 5.73 Å². The number of rotatable bonds is 5. The molecule has 1 fully saturated rings. The molecule has 128 valence electrons. The third kappa shape index (κ3) is 4.44. The molecule has 24 heavy (non-hydrogen) atoms. The monoisotopic (exact) mass is 344 g/mol. The highest BCUT2D eigenvalue weighted by molar-refractivity contribution is 7.88. The van der Waals surface area contributed by atoms with E-state index in [-0.39, 0.29) is 17.8 Å². The smallest absolute Gasteiger partial charge is 0.216 e. The van der Waals surface area contributed by atoms with Gasteiger partial charge in [0.2, 0.25) is 10.0 Å². The van der Waals surface area contributed by atoms with Crippen molar-refractivity contribution >= 4 is 10.0 Å². The standard InChI is InChI=1S/C19H24N2O2S/c20-18-8-4-5-9-19(18)21-24(22,23)14-15-10-12-17(13-11-15)16-6-2-1-3-7-16/h1-3,6-7,10-13,18-19,21H,4-5,8-9,14,20H2. The first-order valence-electron chi connectivity index (χ1n) is 8.43. The van der Waals surface area contributed by atoms with Gasteiger partial charge >= 0.3 is 0 Å². The SMILES string of the molecule is NC1CCCCC1NS(=O)(=O)Cc1ccc(-c2ccccc2)cc1. The lowest BCUT2D eigenvalue weighted by molar-refractivity contribution is 0.361. The van der Waals surface area contributed by atoms with Crippen LogP contribution in [0.4, 0.5) is 0 Å². The molecular weight excluding hydrogens is 320 g/mol. The molecule has 4 nitrogen and oxygen atoms in total. The lowest BCUT2D eigenvalue weighted by atomic mass is 9.92. The number of hydrogen-bond acceptors (Lipinski definition) is 3. The maximum absolute atomic E-state index is 12.4. The van der Waals surface area contributed by atoms with E-state index in [2.05, 4.69) is 4.72 Å². The van der Waals surface area contributed by atoms with Crippen LogP contribution < -0.4 is 10.5 Å². The summed E-state index contributed by atoms with van der Waals surface area (Å²) in [5.41, 5.74) is 9.03. The zero-order chi connectivity index (χ0) is 17.0. The summed E-state index contributed by atoms with van der Waals surface area (Å²) in [4.78, 5) is 0. The van der Waals surface area contributed by atoms with E-state index >= 15 is 0 Å². The largest absolute Gasteiger partial charge is 0.326 e. The van der Waals surface area contributed by atoms with Crippen molar-refractivity contribution in [1.29, 1.82) is 0 Å². The molecule has 0 saturated heterocycles. The number of nitrogens with one attached hydrogen (secondary N) is 1. The molecular formula is C19H24N2O2S. The molecule has 0 spiro atoms. The van der Waals surface area contributed by atoms with E-state index in [1.165, 1.54) is 0 Å². The van der Waals surface area contributed by atoms with Gasteiger partial charge in [0.25, 0.3) is 0 Å². The molecule has 2 atom stereocenters. The van der Waals surface area contributed by atoms with Crippen molar-refractivity contribution < 1.29 is 8.42 Å². The molecule has 2 unspecified atom stereocenters. The molecule has 2 aromatic carbocycles. The maximum atomic E-state index is 12.4. The summed E-state index contributed by atoms with van der Waals surface area (Å²) in [5, 5.41) is 0. The number of hydrogen-bond donors (Lipinski definition) is 2. The topological polar surface area (TPSA) is 72.2 Å². The van der Waals surface area contributed by atoms with Crippen molar-refractivity contribution in [2.45, 2.75) is 43.5 Å². The van der Waals surface area contributed by atoms with E-state index in [9.17, 15) is 8.42 Å². The Balaban J connectivity index is 1.66. The Bertz CT molecular complexity index is 758. The zero-order valence-corrected chi connectivity index (χ0v) is 14.5. The minimum atomic E-state index is -3.37. The first-order valence-corrected chi connectivity index (χ1v) is 10.1. The highest BCUT2D eigenvalue weighted by Gasteiger charge is 2.26. The quantitative estimate of drug-likeness (QED) is 0.876. The van der Waals surface area contributed by atoms with Crippen LogP contribution in [0, 0.1) is 0 Å². The lowest BCUT2D eigenvalue weighted by Crippen LogP contribution is -2.49. The average Bonchev–Trinajstić information content (AvgIpc) is 2.58. The summed E-state index contributed by atoms with van der Waals surface area (Å²) >= 11 is 0. The molecule has 0 heterocycles. The van der Waals surface area contributed by atoms with E-state index in [1.54, 1.807) is 0 Å². The third-order valence-corrected chi connectivity index (χ3v) is 5.94. The Labute approximate surface area is 144 Å². The summed E-state index contributed by atoms with van der Waals surface area (Å²) in [7, 11) is -3.37. The lowest BCUT2D eigenvalue weighted by Gasteiger charge is -2.29. The fourth-order valence-electron chi connectivity index (χ4n) is 3.22. The van der Waals surface area contributed by atoms with Gasteiger partial charge in [-0.05, 0) is 29.5 Å². The van der Waals surface area contributed by atoms with E-state index in [4.69, 9.17) is 5.73 Å². The maximum Gasteiger partial charge on any atom is 0.216 e. The molecule has 0 amide bonds.